The summed E-state index contributed by atoms with van der Waals surface area (Å²) in [6.45, 7) is 12.0. The Morgan fingerprint density at radius 1 is 0.861 bits per heavy atom. The summed E-state index contributed by atoms with van der Waals surface area (Å²) < 4.78 is 66.2. The monoisotopic (exact) mass is 1150 g/mol. The molecule has 2 aromatic heterocycles. The third kappa shape index (κ3) is 12.1. The van der Waals surface area contributed by atoms with Crippen LogP contribution in [0.15, 0.2) is 82.2 Å². The largest absolute Gasteiger partial charge is 0.404 e. The second-order valence-corrected chi connectivity index (χ2v) is 27.9. The molecule has 22 heteroatoms. The first-order valence-corrected chi connectivity index (χ1v) is 30.5. The number of hydrogen-bond donors (Lipinski definition) is 5. The van der Waals surface area contributed by atoms with Crippen molar-refractivity contribution in [1.82, 2.24) is 29.7 Å². The predicted octanol–water partition coefficient (Wildman–Crippen LogP) is 9.22. The Morgan fingerprint density at radius 2 is 1.53 bits per heavy atom. The van der Waals surface area contributed by atoms with Crippen LogP contribution in [0.1, 0.15) is 124 Å². The number of carbonyl (C=O) groups excluding carboxylic acids is 4. The van der Waals surface area contributed by atoms with E-state index < -0.39 is 78.7 Å². The first kappa shape index (κ1) is 58.3. The van der Waals surface area contributed by atoms with Gasteiger partial charge < -0.3 is 48.4 Å². The quantitative estimate of drug-likeness (QED) is 0.0287. The van der Waals surface area contributed by atoms with Gasteiger partial charge in [-0.1, -0.05) is 76.5 Å². The molecule has 4 amide bonds. The van der Waals surface area contributed by atoms with E-state index in [2.05, 4.69) is 10.5 Å². The smallest absolute Gasteiger partial charge is 0.359 e. The molecule has 17 nitrogen and oxygen atoms in total. The lowest BCUT2D eigenvalue weighted by molar-refractivity contribution is -0.148. The number of fused-ring (bicyclic) bond motifs is 3. The molecule has 426 valence electrons. The minimum atomic E-state index is -5.32. The fourth-order valence-corrected chi connectivity index (χ4v) is 14.3. The maximum absolute atomic E-state index is 16.9. The van der Waals surface area contributed by atoms with Gasteiger partial charge in [0.2, 0.25) is 11.8 Å². The van der Waals surface area contributed by atoms with Crippen molar-refractivity contribution in [2.45, 2.75) is 122 Å². The van der Waals surface area contributed by atoms with E-state index in [0.717, 1.165) is 36.1 Å². The van der Waals surface area contributed by atoms with Crippen molar-refractivity contribution >= 4 is 85.8 Å². The van der Waals surface area contributed by atoms with Crippen LogP contribution in [0, 0.1) is 17.8 Å². The van der Waals surface area contributed by atoms with Gasteiger partial charge in [0.15, 0.2) is 11.3 Å². The molecular weight excluding hydrogens is 1080 g/mol. The Bertz CT molecular complexity index is 3340. The van der Waals surface area contributed by atoms with Gasteiger partial charge in [-0.25, -0.2) is 0 Å². The van der Waals surface area contributed by atoms with Crippen LogP contribution in [0.25, 0.3) is 21.7 Å². The number of nitrogens with zero attached hydrogens (tertiary/aromatic N) is 5. The molecule has 1 spiro atoms. The van der Waals surface area contributed by atoms with Crippen molar-refractivity contribution < 1.29 is 56.3 Å². The second-order valence-electron chi connectivity index (χ2n) is 23.5. The van der Waals surface area contributed by atoms with Crippen molar-refractivity contribution in [1.29, 1.82) is 0 Å². The first-order chi connectivity index (χ1) is 37.2. The van der Waals surface area contributed by atoms with Crippen LogP contribution in [-0.4, -0.2) is 136 Å². The van der Waals surface area contributed by atoms with E-state index in [0.29, 0.717) is 71.3 Å². The number of aryl methyl sites for hydroxylation is 2. The van der Waals surface area contributed by atoms with Gasteiger partial charge in [0, 0.05) is 83.4 Å². The van der Waals surface area contributed by atoms with Crippen LogP contribution in [0.4, 0.5) is 8.78 Å². The summed E-state index contributed by atoms with van der Waals surface area (Å²) in [4.78, 5) is 77.0. The average Bonchev–Trinajstić information content (AvgIpc) is 3.98. The van der Waals surface area contributed by atoms with Crippen molar-refractivity contribution in [3.63, 3.8) is 0 Å². The number of likely N-dealkylation sites (tertiary alicyclic amines) is 1. The predicted molar refractivity (Wildman–Crippen MR) is 306 cm³/mol. The van der Waals surface area contributed by atoms with Crippen LogP contribution >= 0.6 is 30.3 Å². The van der Waals surface area contributed by atoms with Gasteiger partial charge in [-0.3, -0.25) is 28.5 Å². The van der Waals surface area contributed by atoms with E-state index in [-0.39, 0.29) is 74.3 Å². The summed E-state index contributed by atoms with van der Waals surface area (Å²) >= 11 is 0.798. The average molecular weight is 1150 g/mol. The summed E-state index contributed by atoms with van der Waals surface area (Å²) in [7, 11) is -3.64. The molecule has 1 aliphatic carbocycles. The van der Waals surface area contributed by atoms with Crippen LogP contribution in [0.5, 0.6) is 0 Å². The van der Waals surface area contributed by atoms with Crippen molar-refractivity contribution in [3.05, 3.63) is 111 Å². The fraction of sp³-hybridized carbons (Fsp3) is 0.509. The van der Waals surface area contributed by atoms with E-state index >= 15 is 13.6 Å². The number of aliphatic hydroxyl groups excluding tert-OH is 2. The number of amides is 4. The molecule has 79 heavy (non-hydrogen) atoms. The van der Waals surface area contributed by atoms with Crippen molar-refractivity contribution in [2.75, 3.05) is 44.4 Å². The molecule has 0 unspecified atom stereocenters. The highest BCUT2D eigenvalue weighted by Gasteiger charge is 2.59. The third-order valence-electron chi connectivity index (χ3n) is 15.6. The number of thiol groups is 2. The van der Waals surface area contributed by atoms with Crippen LogP contribution in [-0.2, 0) is 35.9 Å². The van der Waals surface area contributed by atoms with Gasteiger partial charge in [0.05, 0.1) is 35.2 Å². The topological polar surface area (TPSA) is 214 Å². The minimum Gasteiger partial charge on any atom is -0.359 e. The highest BCUT2D eigenvalue weighted by Crippen LogP contribution is 2.67. The zero-order chi connectivity index (χ0) is 57.0. The van der Waals surface area contributed by atoms with E-state index in [9.17, 15) is 34.0 Å². The lowest BCUT2D eigenvalue weighted by Gasteiger charge is -2.40. The summed E-state index contributed by atoms with van der Waals surface area (Å²) in [5, 5.41) is 29.3. The van der Waals surface area contributed by atoms with Gasteiger partial charge in [-0.05, 0) is 98.2 Å². The summed E-state index contributed by atoms with van der Waals surface area (Å²) in [5.41, 5.74) is -4.47. The van der Waals surface area contributed by atoms with E-state index in [1.807, 2.05) is 24.0 Å². The molecule has 0 bridgehead atoms. The SMILES string of the molecule is Cc1ccc2onc(C(=O)N3CC[C@H]4CC[C@@H](C(=O)N5C[C@H](c6ccn(C)c(=O)c6)CC56CC6)N4C(=O)[C@@H](NC(=O)c4ccc5ccc(C(F)(F)P(=O)(OCC[SH]=C(O)C(C)(C)C)OCC[SH]=C(O)C(C)(C)C)cc5c4)C3)c2c1. The van der Waals surface area contributed by atoms with E-state index in [4.69, 9.17) is 13.6 Å². The number of carbonyl (C=O) groups is 4. The Kier molecular flexibility index (Phi) is 16.6. The molecule has 0 radical (unpaired) electrons. The molecule has 3 N–H and O–H groups in total. The van der Waals surface area contributed by atoms with Gasteiger partial charge in [-0.15, -0.1) is 0 Å². The zero-order valence-electron chi connectivity index (χ0n) is 45.8. The lowest BCUT2D eigenvalue weighted by Crippen LogP contribution is -2.61. The van der Waals surface area contributed by atoms with E-state index in [1.165, 1.54) is 27.7 Å². The highest BCUT2D eigenvalue weighted by atomic mass is 32.1. The van der Waals surface area contributed by atoms with Crippen LogP contribution in [0.2, 0.25) is 0 Å². The minimum absolute atomic E-state index is 0.0164. The number of nitrogens with one attached hydrogen (secondary N) is 1. The number of aliphatic hydroxyl groups is 2. The Labute approximate surface area is 465 Å². The Balaban J connectivity index is 0.998. The molecule has 4 atom stereocenters. The molecule has 3 aromatic carbocycles. The zero-order valence-corrected chi connectivity index (χ0v) is 48.5. The number of pyridine rings is 1. The Hall–Kier alpha value is -5.41. The summed E-state index contributed by atoms with van der Waals surface area (Å²) in [6, 6.07) is 14.2. The molecule has 3 saturated heterocycles. The molecule has 3 aliphatic heterocycles. The summed E-state index contributed by atoms with van der Waals surface area (Å²) in [5.74, 6) is -2.02. The lowest BCUT2D eigenvalue weighted by atomic mass is 9.96. The van der Waals surface area contributed by atoms with Gasteiger partial charge >= 0.3 is 13.3 Å². The number of alkyl halides is 2. The maximum atomic E-state index is 16.9. The Morgan fingerprint density at radius 3 is 2.18 bits per heavy atom. The molecule has 9 rings (SSSR count). The molecule has 5 aromatic rings. The fourth-order valence-electron chi connectivity index (χ4n) is 10.7. The number of rotatable bonds is 15. The van der Waals surface area contributed by atoms with Crippen LogP contribution < -0.4 is 10.9 Å². The molecule has 4 aliphatic rings. The van der Waals surface area contributed by atoms with E-state index in [1.54, 1.807) is 84.0 Å². The molecular formula is C57H71F2N6O11PS2. The van der Waals surface area contributed by atoms with Crippen molar-refractivity contribution in [2.24, 2.45) is 17.9 Å². The van der Waals surface area contributed by atoms with Crippen LogP contribution in [0.3, 0.4) is 0 Å². The van der Waals surface area contributed by atoms with Gasteiger partial charge in [-0.2, -0.15) is 31.5 Å². The number of aromatic nitrogens is 2. The number of benzene rings is 3. The number of hydrogen-bond acceptors (Lipinski definition) is 10. The third-order valence-corrected chi connectivity index (χ3v) is 20.3. The molecule has 4 fully saturated rings. The normalized spacial score (nSPS) is 22.0. The molecule has 5 heterocycles. The highest BCUT2D eigenvalue weighted by molar-refractivity contribution is 7.98. The second kappa shape index (κ2) is 22.5. The summed E-state index contributed by atoms with van der Waals surface area (Å²) in [6.07, 6.45) is 5.19. The first-order valence-electron chi connectivity index (χ1n) is 26.8. The standard InChI is InChI=1S/C57H71F2N6O11PS2/c1-34-9-16-45-42(27-34)47(61-76-45)51(70)63-22-18-41-14-15-44(50(69)64-32-39(31-56(64)19-20-56)36-17-21-62(8)46(66)30-36)65(41)49(68)43(33-63)60-48(67)37-11-10-35-12-13-40(29-38(35)28-37)57(58,59)77(73,74-23-25-78-52(71)54(2,3)4)75-24-26-79-53(72)55(5,6)7/h9-13,16-17,21,27-30,39,41,43-44,71-72,78-79H,14-15,18-20,22-26,31-33H2,1-8H3,(H,60,67)/t39-,41-,43+,44+/m1/s1. The maximum Gasteiger partial charge on any atom is 0.404 e. The van der Waals surface area contributed by atoms with Crippen molar-refractivity contribution in [3.8, 4) is 0 Å². The molecule has 1 saturated carbocycles. The number of halogens is 2. The van der Waals surface area contributed by atoms with Gasteiger partial charge in [0.1, 0.15) is 12.1 Å². The van der Waals surface area contributed by atoms with Gasteiger partial charge in [0.25, 0.3) is 17.4 Å².